The van der Waals surface area contributed by atoms with Crippen LogP contribution in [0.5, 0.6) is 0 Å². The molecule has 1 aromatic heterocycles. The molecule has 0 unspecified atom stereocenters. The first kappa shape index (κ1) is 14.9. The van der Waals surface area contributed by atoms with E-state index in [2.05, 4.69) is 10.3 Å². The second-order valence-corrected chi connectivity index (χ2v) is 7.03. The smallest absolute Gasteiger partial charge is 0.244 e. The molecule has 102 valence electrons. The van der Waals surface area contributed by atoms with Crippen LogP contribution in [-0.2, 0) is 10.0 Å². The summed E-state index contributed by atoms with van der Waals surface area (Å²) in [4.78, 5) is 4.26. The van der Waals surface area contributed by atoms with Crippen LogP contribution in [0.15, 0.2) is 23.2 Å². The Morgan fingerprint density at radius 3 is 2.39 bits per heavy atom. The summed E-state index contributed by atoms with van der Waals surface area (Å²) in [5, 5.41) is 3.13. The molecule has 0 fully saturated rings. The number of nitrogens with two attached hydrogens (primary N) is 1. The van der Waals surface area contributed by atoms with E-state index in [-0.39, 0.29) is 10.4 Å². The van der Waals surface area contributed by atoms with Gasteiger partial charge in [-0.2, -0.15) is 0 Å². The molecule has 3 N–H and O–H groups in total. The van der Waals surface area contributed by atoms with E-state index in [1.165, 1.54) is 26.4 Å². The van der Waals surface area contributed by atoms with Crippen LogP contribution in [0.2, 0.25) is 0 Å². The van der Waals surface area contributed by atoms with Crippen LogP contribution in [0.25, 0.3) is 0 Å². The van der Waals surface area contributed by atoms with Crippen LogP contribution in [0.4, 0.5) is 5.82 Å². The van der Waals surface area contributed by atoms with Gasteiger partial charge in [-0.15, -0.1) is 0 Å². The van der Waals surface area contributed by atoms with Crippen molar-refractivity contribution < 1.29 is 8.42 Å². The van der Waals surface area contributed by atoms with Gasteiger partial charge in [-0.25, -0.2) is 17.7 Å². The Hall–Kier alpha value is -1.18. The first-order valence-electron chi connectivity index (χ1n) is 5.56. The minimum Gasteiger partial charge on any atom is -0.364 e. The van der Waals surface area contributed by atoms with E-state index in [0.29, 0.717) is 12.4 Å². The third kappa shape index (κ3) is 3.41. The fourth-order valence-electron chi connectivity index (χ4n) is 1.22. The van der Waals surface area contributed by atoms with E-state index in [4.69, 9.17) is 5.73 Å². The van der Waals surface area contributed by atoms with Crippen LogP contribution in [0.1, 0.15) is 13.8 Å². The molecule has 0 saturated carbocycles. The van der Waals surface area contributed by atoms with Gasteiger partial charge in [0.25, 0.3) is 0 Å². The van der Waals surface area contributed by atoms with Gasteiger partial charge < -0.3 is 11.1 Å². The fourth-order valence-corrected chi connectivity index (χ4v) is 2.06. The van der Waals surface area contributed by atoms with Gasteiger partial charge in [-0.3, -0.25) is 0 Å². The van der Waals surface area contributed by atoms with E-state index in [9.17, 15) is 8.42 Å². The largest absolute Gasteiger partial charge is 0.364 e. The molecule has 7 heteroatoms. The van der Waals surface area contributed by atoms with Crippen LogP contribution in [0, 0.1) is 0 Å². The highest BCUT2D eigenvalue weighted by molar-refractivity contribution is 7.89. The van der Waals surface area contributed by atoms with Gasteiger partial charge in [0.2, 0.25) is 10.0 Å². The van der Waals surface area contributed by atoms with E-state index >= 15 is 0 Å². The summed E-state index contributed by atoms with van der Waals surface area (Å²) >= 11 is 0. The average molecular weight is 272 g/mol. The zero-order chi connectivity index (χ0) is 14.0. The third-order valence-electron chi connectivity index (χ3n) is 2.49. The number of hydrogen-bond donors (Lipinski definition) is 2. The highest BCUT2D eigenvalue weighted by Crippen LogP contribution is 2.16. The molecule has 0 atom stereocenters. The van der Waals surface area contributed by atoms with Gasteiger partial charge in [0, 0.05) is 32.4 Å². The van der Waals surface area contributed by atoms with Gasteiger partial charge in [0.05, 0.1) is 0 Å². The van der Waals surface area contributed by atoms with Crippen molar-refractivity contribution >= 4 is 15.8 Å². The highest BCUT2D eigenvalue weighted by atomic mass is 32.2. The molecule has 0 aliphatic rings. The zero-order valence-corrected chi connectivity index (χ0v) is 12.0. The van der Waals surface area contributed by atoms with Crippen LogP contribution in [-0.4, -0.2) is 43.9 Å². The van der Waals surface area contributed by atoms with Crippen molar-refractivity contribution in [1.29, 1.82) is 0 Å². The second kappa shape index (κ2) is 5.21. The Bertz CT molecular complexity index is 494. The number of hydrogen-bond acceptors (Lipinski definition) is 5. The zero-order valence-electron chi connectivity index (χ0n) is 11.1. The van der Waals surface area contributed by atoms with Gasteiger partial charge >= 0.3 is 0 Å². The maximum atomic E-state index is 11.8. The number of pyridine rings is 1. The van der Waals surface area contributed by atoms with Gasteiger partial charge in [-0.05, 0) is 26.0 Å². The van der Waals surface area contributed by atoms with Crippen LogP contribution >= 0.6 is 0 Å². The maximum Gasteiger partial charge on any atom is 0.244 e. The molecule has 0 amide bonds. The summed E-state index contributed by atoms with van der Waals surface area (Å²) in [6.07, 6.45) is 1.34. The Morgan fingerprint density at radius 1 is 1.39 bits per heavy atom. The molecular formula is C11H20N4O2S. The number of sulfonamides is 1. The van der Waals surface area contributed by atoms with Crippen molar-refractivity contribution in [3.05, 3.63) is 18.3 Å². The molecule has 0 aliphatic carbocycles. The number of anilines is 1. The van der Waals surface area contributed by atoms with E-state index < -0.39 is 10.0 Å². The van der Waals surface area contributed by atoms with Crippen molar-refractivity contribution in [2.24, 2.45) is 5.73 Å². The molecule has 1 aromatic rings. The summed E-state index contributed by atoms with van der Waals surface area (Å²) in [5.41, 5.74) is 5.32. The first-order chi connectivity index (χ1) is 8.19. The molecule has 0 saturated heterocycles. The lowest BCUT2D eigenvalue weighted by Crippen LogP contribution is -2.39. The maximum absolute atomic E-state index is 11.8. The average Bonchev–Trinajstić information content (AvgIpc) is 2.29. The predicted molar refractivity (Wildman–Crippen MR) is 71.9 cm³/mol. The second-order valence-electron chi connectivity index (χ2n) is 4.88. The molecular weight excluding hydrogens is 252 g/mol. The van der Waals surface area contributed by atoms with Crippen LogP contribution in [0.3, 0.4) is 0 Å². The van der Waals surface area contributed by atoms with E-state index in [0.717, 1.165) is 4.31 Å². The minimum atomic E-state index is -3.42. The Balaban J connectivity index is 2.94. The summed E-state index contributed by atoms with van der Waals surface area (Å²) < 4.78 is 24.8. The summed E-state index contributed by atoms with van der Waals surface area (Å²) in [7, 11) is -0.454. The van der Waals surface area contributed by atoms with Crippen molar-refractivity contribution in [2.45, 2.75) is 24.3 Å². The Kier molecular flexibility index (Phi) is 4.31. The lowest BCUT2D eigenvalue weighted by Gasteiger charge is -2.24. The predicted octanol–water partition coefficient (Wildman–Crippen LogP) is 0.481. The quantitative estimate of drug-likeness (QED) is 0.814. The summed E-state index contributed by atoms with van der Waals surface area (Å²) in [5.74, 6) is 0.600. The monoisotopic (exact) mass is 272 g/mol. The van der Waals surface area contributed by atoms with Crippen molar-refractivity contribution in [1.82, 2.24) is 9.29 Å². The normalized spacial score (nSPS) is 12.8. The molecule has 6 nitrogen and oxygen atoms in total. The first-order valence-corrected chi connectivity index (χ1v) is 7.00. The lowest BCUT2D eigenvalue weighted by atomic mass is 10.1. The molecule has 0 bridgehead atoms. The molecule has 1 rings (SSSR count). The standard InChI is InChI=1S/C11H20N4O2S/c1-11(2,8-12)14-10-6-5-9(7-13-10)18(16,17)15(3)4/h5-7H,8,12H2,1-4H3,(H,13,14). The molecule has 0 aromatic carbocycles. The van der Waals surface area contributed by atoms with E-state index in [1.807, 2.05) is 13.8 Å². The Morgan fingerprint density at radius 2 is 2.00 bits per heavy atom. The van der Waals surface area contributed by atoms with Crippen LogP contribution < -0.4 is 11.1 Å². The highest BCUT2D eigenvalue weighted by Gasteiger charge is 2.19. The molecule has 0 radical (unpaired) electrons. The van der Waals surface area contributed by atoms with Gasteiger partial charge in [0.15, 0.2) is 0 Å². The third-order valence-corrected chi connectivity index (χ3v) is 4.29. The minimum absolute atomic E-state index is 0.170. The molecule has 18 heavy (non-hydrogen) atoms. The van der Waals surface area contributed by atoms with Crippen molar-refractivity contribution in [3.8, 4) is 0 Å². The molecule has 0 spiro atoms. The topological polar surface area (TPSA) is 88.3 Å². The number of nitrogens with zero attached hydrogens (tertiary/aromatic N) is 2. The van der Waals surface area contributed by atoms with Gasteiger partial charge in [-0.1, -0.05) is 0 Å². The molecule has 1 heterocycles. The number of aromatic nitrogens is 1. The number of rotatable bonds is 5. The van der Waals surface area contributed by atoms with Crippen molar-refractivity contribution in [2.75, 3.05) is 26.0 Å². The Labute approximate surface area is 108 Å². The SMILES string of the molecule is CN(C)S(=O)(=O)c1ccc(NC(C)(C)CN)nc1. The number of nitrogens with one attached hydrogen (secondary N) is 1. The molecule has 0 aliphatic heterocycles. The van der Waals surface area contributed by atoms with Crippen molar-refractivity contribution in [3.63, 3.8) is 0 Å². The summed E-state index contributed by atoms with van der Waals surface area (Å²) in [6.45, 7) is 4.34. The summed E-state index contributed by atoms with van der Waals surface area (Å²) in [6, 6.07) is 3.16. The van der Waals surface area contributed by atoms with Gasteiger partial charge in [0.1, 0.15) is 10.7 Å². The fraction of sp³-hybridized carbons (Fsp3) is 0.545. The van der Waals surface area contributed by atoms with E-state index in [1.54, 1.807) is 6.07 Å². The lowest BCUT2D eigenvalue weighted by molar-refractivity contribution is 0.520.